The van der Waals surface area contributed by atoms with Crippen LogP contribution in [0.15, 0.2) is 57.6 Å². The molecule has 22 heavy (non-hydrogen) atoms. The fourth-order valence-corrected chi connectivity index (χ4v) is 2.51. The highest BCUT2D eigenvalue weighted by atomic mass is 79.9. The summed E-state index contributed by atoms with van der Waals surface area (Å²) in [7, 11) is 0. The molecular formula is C16H14BrN3O2. The van der Waals surface area contributed by atoms with Gasteiger partial charge >= 0.3 is 0 Å². The molecule has 3 rings (SSSR count). The van der Waals surface area contributed by atoms with Crippen molar-refractivity contribution in [3.63, 3.8) is 0 Å². The highest BCUT2D eigenvalue weighted by Crippen LogP contribution is 2.23. The molecule has 0 bridgehead atoms. The lowest BCUT2D eigenvalue weighted by Gasteiger charge is -2.08. The number of anilines is 1. The minimum absolute atomic E-state index is 0.120. The van der Waals surface area contributed by atoms with Crippen LogP contribution in [0.2, 0.25) is 0 Å². The van der Waals surface area contributed by atoms with Gasteiger partial charge in [-0.3, -0.25) is 4.79 Å². The standard InChI is InChI=1S/C16H14BrN3O2/c17-13-5-1-3-11-6-7-14(20-16(11)13)18-10-15(21)19-9-12-4-2-8-22-12/h1-8H,9-10H2,(H,18,20)(H,19,21). The predicted octanol–water partition coefficient (Wildman–Crippen LogP) is 3.32. The first-order valence-electron chi connectivity index (χ1n) is 6.80. The van der Waals surface area contributed by atoms with E-state index in [0.29, 0.717) is 12.4 Å². The van der Waals surface area contributed by atoms with E-state index in [9.17, 15) is 4.79 Å². The zero-order valence-electron chi connectivity index (χ0n) is 11.7. The Morgan fingerprint density at radius 3 is 2.91 bits per heavy atom. The number of hydrogen-bond acceptors (Lipinski definition) is 4. The molecule has 2 N–H and O–H groups in total. The molecule has 0 saturated carbocycles. The van der Waals surface area contributed by atoms with Gasteiger partial charge in [0.15, 0.2) is 0 Å². The lowest BCUT2D eigenvalue weighted by molar-refractivity contribution is -0.119. The van der Waals surface area contributed by atoms with E-state index in [-0.39, 0.29) is 12.5 Å². The van der Waals surface area contributed by atoms with Gasteiger partial charge in [-0.2, -0.15) is 0 Å². The van der Waals surface area contributed by atoms with E-state index >= 15 is 0 Å². The number of amides is 1. The summed E-state index contributed by atoms with van der Waals surface area (Å²) in [5.41, 5.74) is 0.864. The molecule has 0 radical (unpaired) electrons. The van der Waals surface area contributed by atoms with Crippen molar-refractivity contribution in [1.82, 2.24) is 10.3 Å². The highest BCUT2D eigenvalue weighted by Gasteiger charge is 2.05. The van der Waals surface area contributed by atoms with Crippen LogP contribution in [0.5, 0.6) is 0 Å². The van der Waals surface area contributed by atoms with Gasteiger partial charge in [0.1, 0.15) is 11.6 Å². The maximum Gasteiger partial charge on any atom is 0.239 e. The molecule has 112 valence electrons. The lowest BCUT2D eigenvalue weighted by Crippen LogP contribution is -2.29. The number of para-hydroxylation sites is 1. The first kappa shape index (κ1) is 14.6. The quantitative estimate of drug-likeness (QED) is 0.733. The fourth-order valence-electron chi connectivity index (χ4n) is 2.04. The average molecular weight is 360 g/mol. The maximum atomic E-state index is 11.8. The SMILES string of the molecule is O=C(CNc1ccc2cccc(Br)c2n1)NCc1ccco1. The Kier molecular flexibility index (Phi) is 4.39. The van der Waals surface area contributed by atoms with Crippen molar-refractivity contribution in [2.45, 2.75) is 6.54 Å². The second-order valence-electron chi connectivity index (χ2n) is 4.72. The van der Waals surface area contributed by atoms with Crippen molar-refractivity contribution in [2.75, 3.05) is 11.9 Å². The normalized spacial score (nSPS) is 10.6. The molecule has 0 aliphatic carbocycles. The van der Waals surface area contributed by atoms with Gasteiger partial charge in [-0.15, -0.1) is 0 Å². The van der Waals surface area contributed by atoms with Crippen LogP contribution in [0.3, 0.4) is 0 Å². The summed E-state index contributed by atoms with van der Waals surface area (Å²) in [5.74, 6) is 1.26. The summed E-state index contributed by atoms with van der Waals surface area (Å²) in [4.78, 5) is 16.3. The number of carbonyl (C=O) groups excluding carboxylic acids is 1. The molecule has 0 atom stereocenters. The molecule has 6 heteroatoms. The summed E-state index contributed by atoms with van der Waals surface area (Å²) < 4.78 is 6.08. The largest absolute Gasteiger partial charge is 0.467 e. The topological polar surface area (TPSA) is 67.2 Å². The van der Waals surface area contributed by atoms with Crippen LogP contribution in [0.25, 0.3) is 10.9 Å². The average Bonchev–Trinajstić information content (AvgIpc) is 3.05. The number of aromatic nitrogens is 1. The van der Waals surface area contributed by atoms with Gasteiger partial charge < -0.3 is 15.1 Å². The zero-order valence-corrected chi connectivity index (χ0v) is 13.3. The number of fused-ring (bicyclic) bond motifs is 1. The number of benzene rings is 1. The minimum Gasteiger partial charge on any atom is -0.467 e. The summed E-state index contributed by atoms with van der Waals surface area (Å²) in [6.07, 6.45) is 1.58. The van der Waals surface area contributed by atoms with Crippen molar-refractivity contribution < 1.29 is 9.21 Å². The molecule has 2 heterocycles. The molecule has 1 amide bonds. The molecule has 0 fully saturated rings. The number of halogens is 1. The number of rotatable bonds is 5. The van der Waals surface area contributed by atoms with Crippen molar-refractivity contribution >= 4 is 38.6 Å². The van der Waals surface area contributed by atoms with Crippen LogP contribution < -0.4 is 10.6 Å². The monoisotopic (exact) mass is 359 g/mol. The molecule has 1 aromatic carbocycles. The smallest absolute Gasteiger partial charge is 0.239 e. The molecule has 2 aromatic heterocycles. The first-order valence-corrected chi connectivity index (χ1v) is 7.60. The van der Waals surface area contributed by atoms with Crippen molar-refractivity contribution in [2.24, 2.45) is 0 Å². The van der Waals surface area contributed by atoms with E-state index in [2.05, 4.69) is 31.5 Å². The summed E-state index contributed by atoms with van der Waals surface area (Å²) in [5, 5.41) is 6.83. The molecule has 5 nitrogen and oxygen atoms in total. The summed E-state index contributed by atoms with van der Waals surface area (Å²) in [6.45, 7) is 0.536. The molecule has 0 unspecified atom stereocenters. The molecule has 0 aliphatic heterocycles. The van der Waals surface area contributed by atoms with Gasteiger partial charge in [0.25, 0.3) is 0 Å². The molecule has 0 saturated heterocycles. The predicted molar refractivity (Wildman–Crippen MR) is 88.5 cm³/mol. The van der Waals surface area contributed by atoms with Gasteiger partial charge in [0.2, 0.25) is 5.91 Å². The Labute approximate surface area is 135 Å². The van der Waals surface area contributed by atoms with Gasteiger partial charge in [0.05, 0.1) is 24.9 Å². The second kappa shape index (κ2) is 6.62. The van der Waals surface area contributed by atoms with Crippen LogP contribution in [-0.2, 0) is 11.3 Å². The third kappa shape index (κ3) is 3.46. The summed E-state index contributed by atoms with van der Waals surface area (Å²) >= 11 is 3.48. The van der Waals surface area contributed by atoms with Crippen LogP contribution in [0.4, 0.5) is 5.82 Å². The molecule has 0 aliphatic rings. The molecular weight excluding hydrogens is 346 g/mol. The number of furan rings is 1. The van der Waals surface area contributed by atoms with Gasteiger partial charge in [-0.1, -0.05) is 12.1 Å². The minimum atomic E-state index is -0.120. The third-order valence-corrected chi connectivity index (χ3v) is 3.78. The Morgan fingerprint density at radius 2 is 2.09 bits per heavy atom. The van der Waals surface area contributed by atoms with Crippen LogP contribution in [-0.4, -0.2) is 17.4 Å². The first-order chi connectivity index (χ1) is 10.7. The Hall–Kier alpha value is -2.34. The molecule has 0 spiro atoms. The number of carbonyl (C=O) groups is 1. The third-order valence-electron chi connectivity index (χ3n) is 3.14. The van der Waals surface area contributed by atoms with E-state index in [1.54, 1.807) is 12.3 Å². The lowest BCUT2D eigenvalue weighted by atomic mass is 10.2. The Morgan fingerprint density at radius 1 is 1.18 bits per heavy atom. The Balaban J connectivity index is 1.59. The maximum absolute atomic E-state index is 11.8. The van der Waals surface area contributed by atoms with Gasteiger partial charge in [-0.25, -0.2) is 4.98 Å². The van der Waals surface area contributed by atoms with Crippen LogP contribution >= 0.6 is 15.9 Å². The Bertz CT molecular complexity index is 787. The highest BCUT2D eigenvalue weighted by molar-refractivity contribution is 9.10. The number of pyridine rings is 1. The van der Waals surface area contributed by atoms with E-state index in [4.69, 9.17) is 4.42 Å². The van der Waals surface area contributed by atoms with E-state index in [0.717, 1.165) is 21.1 Å². The van der Waals surface area contributed by atoms with Crippen LogP contribution in [0, 0.1) is 0 Å². The van der Waals surface area contributed by atoms with Gasteiger partial charge in [-0.05, 0) is 46.3 Å². The number of hydrogen-bond donors (Lipinski definition) is 2. The van der Waals surface area contributed by atoms with Crippen molar-refractivity contribution in [3.05, 3.63) is 59.0 Å². The van der Waals surface area contributed by atoms with Crippen molar-refractivity contribution in [1.29, 1.82) is 0 Å². The molecule has 3 aromatic rings. The zero-order chi connectivity index (χ0) is 15.4. The number of nitrogens with zero attached hydrogens (tertiary/aromatic N) is 1. The van der Waals surface area contributed by atoms with Crippen molar-refractivity contribution in [3.8, 4) is 0 Å². The van der Waals surface area contributed by atoms with E-state index in [1.807, 2.05) is 36.4 Å². The number of nitrogens with one attached hydrogen (secondary N) is 2. The fraction of sp³-hybridized carbons (Fsp3) is 0.125. The summed E-state index contributed by atoms with van der Waals surface area (Å²) in [6, 6.07) is 13.3. The second-order valence-corrected chi connectivity index (χ2v) is 5.57. The van der Waals surface area contributed by atoms with Crippen LogP contribution in [0.1, 0.15) is 5.76 Å². The van der Waals surface area contributed by atoms with Gasteiger partial charge in [0, 0.05) is 9.86 Å². The van der Waals surface area contributed by atoms with E-state index in [1.165, 1.54) is 0 Å². The van der Waals surface area contributed by atoms with E-state index < -0.39 is 0 Å².